The maximum absolute atomic E-state index is 13.6. The van der Waals surface area contributed by atoms with Crippen LogP contribution in [0.4, 0.5) is 32.0 Å². The number of rotatable bonds is 5. The molecule has 0 atom stereocenters. The van der Waals surface area contributed by atoms with Crippen molar-refractivity contribution in [3.05, 3.63) is 64.7 Å². The summed E-state index contributed by atoms with van der Waals surface area (Å²) in [5.74, 6) is -0.776. The summed E-state index contributed by atoms with van der Waals surface area (Å²) in [6, 6.07) is 8.14. The molecule has 4 rings (SSSR count). The van der Waals surface area contributed by atoms with Crippen LogP contribution in [-0.2, 0) is 18.9 Å². The Hall–Kier alpha value is -2.75. The zero-order valence-corrected chi connectivity index (χ0v) is 19.1. The highest BCUT2D eigenvalue weighted by Crippen LogP contribution is 2.34. The molecule has 0 aromatic heterocycles. The number of piperidine rings is 1. The highest BCUT2D eigenvalue weighted by molar-refractivity contribution is 5.95. The van der Waals surface area contributed by atoms with Crippen LogP contribution in [-0.4, -0.2) is 43.0 Å². The van der Waals surface area contributed by atoms with Crippen LogP contribution in [0.2, 0.25) is 0 Å². The lowest BCUT2D eigenvalue weighted by Crippen LogP contribution is -2.44. The van der Waals surface area contributed by atoms with Crippen molar-refractivity contribution in [2.24, 2.45) is 0 Å². The molecule has 4 nitrogen and oxygen atoms in total. The molecule has 2 saturated heterocycles. The molecule has 2 aliphatic heterocycles. The zero-order valence-electron chi connectivity index (χ0n) is 19.1. The van der Waals surface area contributed by atoms with Crippen molar-refractivity contribution >= 4 is 11.6 Å². The summed E-state index contributed by atoms with van der Waals surface area (Å²) in [4.78, 5) is 17.0. The first-order valence-electron chi connectivity index (χ1n) is 11.7. The van der Waals surface area contributed by atoms with Crippen LogP contribution in [0.25, 0.3) is 0 Å². The summed E-state index contributed by atoms with van der Waals surface area (Å²) in [7, 11) is 0. The first kappa shape index (κ1) is 25.3. The van der Waals surface area contributed by atoms with Crippen molar-refractivity contribution in [2.75, 3.05) is 31.1 Å². The predicted molar refractivity (Wildman–Crippen MR) is 120 cm³/mol. The molecule has 10 heteroatoms. The van der Waals surface area contributed by atoms with Gasteiger partial charge in [0.25, 0.3) is 5.91 Å². The topological polar surface area (TPSA) is 35.6 Å². The molecule has 2 aromatic carbocycles. The largest absolute Gasteiger partial charge is 0.416 e. The molecule has 2 aliphatic rings. The minimum absolute atomic E-state index is 0.177. The van der Waals surface area contributed by atoms with Gasteiger partial charge in [-0.05, 0) is 74.7 Å². The minimum atomic E-state index is -4.64. The van der Waals surface area contributed by atoms with Gasteiger partial charge < -0.3 is 15.1 Å². The number of likely N-dealkylation sites (tertiary alicyclic amines) is 1. The second kappa shape index (κ2) is 10.1. The van der Waals surface area contributed by atoms with E-state index in [0.717, 1.165) is 50.2 Å². The number of carbonyl (C=O) groups excluding carboxylic acids is 1. The number of hydrogen-bond donors (Lipinski definition) is 1. The van der Waals surface area contributed by atoms with E-state index in [2.05, 4.69) is 10.2 Å². The summed E-state index contributed by atoms with van der Waals surface area (Å²) in [5, 5.41) is 2.45. The monoisotopic (exact) mass is 499 g/mol. The van der Waals surface area contributed by atoms with E-state index in [9.17, 15) is 31.1 Å². The number of nitrogens with zero attached hydrogens (tertiary/aromatic N) is 2. The van der Waals surface area contributed by atoms with Gasteiger partial charge in [-0.15, -0.1) is 0 Å². The Kier molecular flexibility index (Phi) is 7.30. The average molecular weight is 499 g/mol. The summed E-state index contributed by atoms with van der Waals surface area (Å²) < 4.78 is 79.5. The lowest BCUT2D eigenvalue weighted by atomic mass is 10.0. The van der Waals surface area contributed by atoms with E-state index in [4.69, 9.17) is 0 Å². The van der Waals surface area contributed by atoms with Crippen LogP contribution in [0.3, 0.4) is 0 Å². The van der Waals surface area contributed by atoms with Gasteiger partial charge in [0.1, 0.15) is 0 Å². The van der Waals surface area contributed by atoms with Crippen LogP contribution in [0.5, 0.6) is 0 Å². The van der Waals surface area contributed by atoms with Gasteiger partial charge in [-0.2, -0.15) is 26.3 Å². The van der Waals surface area contributed by atoms with Gasteiger partial charge in [0.15, 0.2) is 0 Å². The third kappa shape index (κ3) is 6.28. The summed E-state index contributed by atoms with van der Waals surface area (Å²) in [6.07, 6.45) is -5.14. The fraction of sp³-hybridized carbons (Fsp3) is 0.480. The fourth-order valence-electron chi connectivity index (χ4n) is 4.83. The molecule has 2 aromatic rings. The Labute approximate surface area is 199 Å². The number of carbonyl (C=O) groups is 1. The highest BCUT2D eigenvalue weighted by Gasteiger charge is 2.34. The van der Waals surface area contributed by atoms with Crippen molar-refractivity contribution in [1.82, 2.24) is 10.2 Å². The second-order valence-corrected chi connectivity index (χ2v) is 9.11. The number of anilines is 1. The van der Waals surface area contributed by atoms with Crippen molar-refractivity contribution < 1.29 is 31.1 Å². The van der Waals surface area contributed by atoms with Crippen molar-refractivity contribution in [3.63, 3.8) is 0 Å². The number of benzene rings is 2. The highest BCUT2D eigenvalue weighted by atomic mass is 19.4. The molecule has 0 saturated carbocycles. The van der Waals surface area contributed by atoms with Gasteiger partial charge in [0, 0.05) is 36.9 Å². The average Bonchev–Trinajstić information content (AvgIpc) is 3.36. The van der Waals surface area contributed by atoms with E-state index in [-0.39, 0.29) is 17.7 Å². The number of hydrogen-bond acceptors (Lipinski definition) is 3. The molecule has 1 amide bonds. The maximum atomic E-state index is 13.6. The van der Waals surface area contributed by atoms with Crippen LogP contribution >= 0.6 is 0 Å². The molecular weight excluding hydrogens is 472 g/mol. The lowest BCUT2D eigenvalue weighted by molar-refractivity contribution is -0.138. The molecule has 0 spiro atoms. The van der Waals surface area contributed by atoms with Gasteiger partial charge in [0.05, 0.1) is 11.1 Å². The van der Waals surface area contributed by atoms with E-state index in [1.165, 1.54) is 31.0 Å². The van der Waals surface area contributed by atoms with E-state index in [1.807, 2.05) is 4.90 Å². The standard InChI is InChI=1S/C25H27F6N3O/c26-24(27,28)19-5-3-4-17(12-19)16-32-23(35)18-13-20(25(29,30)31)15-22(14-18)34-10-6-21(7-11-34)33-8-1-2-9-33/h3-5,12-15,21H,1-2,6-11,16H2,(H,32,35). The van der Waals surface area contributed by atoms with Crippen LogP contribution in [0, 0.1) is 0 Å². The predicted octanol–water partition coefficient (Wildman–Crippen LogP) is 5.72. The second-order valence-electron chi connectivity index (χ2n) is 9.11. The Morgan fingerprint density at radius 1 is 0.857 bits per heavy atom. The number of nitrogens with one attached hydrogen (secondary N) is 1. The molecule has 35 heavy (non-hydrogen) atoms. The lowest BCUT2D eigenvalue weighted by Gasteiger charge is -2.38. The Balaban J connectivity index is 1.48. The van der Waals surface area contributed by atoms with Gasteiger partial charge in [-0.25, -0.2) is 0 Å². The van der Waals surface area contributed by atoms with Gasteiger partial charge >= 0.3 is 12.4 Å². The molecule has 0 aliphatic carbocycles. The minimum Gasteiger partial charge on any atom is -0.371 e. The SMILES string of the molecule is O=C(NCc1cccc(C(F)(F)F)c1)c1cc(N2CCC(N3CCCC3)CC2)cc(C(F)(F)F)c1. The van der Waals surface area contributed by atoms with E-state index >= 15 is 0 Å². The molecule has 0 radical (unpaired) electrons. The molecule has 2 fully saturated rings. The Morgan fingerprint density at radius 3 is 2.14 bits per heavy atom. The molecule has 0 unspecified atom stereocenters. The molecule has 1 N–H and O–H groups in total. The van der Waals surface area contributed by atoms with Crippen molar-refractivity contribution in [2.45, 2.75) is 50.6 Å². The van der Waals surface area contributed by atoms with E-state index in [0.29, 0.717) is 24.8 Å². The van der Waals surface area contributed by atoms with Gasteiger partial charge in [-0.3, -0.25) is 4.79 Å². The molecule has 2 heterocycles. The molecule has 190 valence electrons. The van der Waals surface area contributed by atoms with Crippen molar-refractivity contribution in [3.8, 4) is 0 Å². The normalized spacial score (nSPS) is 18.2. The summed E-state index contributed by atoms with van der Waals surface area (Å²) in [5.41, 5.74) is -1.44. The van der Waals surface area contributed by atoms with Crippen LogP contribution in [0.15, 0.2) is 42.5 Å². The third-order valence-corrected chi connectivity index (χ3v) is 6.70. The first-order chi connectivity index (χ1) is 16.5. The molecule has 0 bridgehead atoms. The number of alkyl halides is 6. The van der Waals surface area contributed by atoms with Crippen LogP contribution < -0.4 is 10.2 Å². The van der Waals surface area contributed by atoms with E-state index < -0.39 is 29.4 Å². The van der Waals surface area contributed by atoms with E-state index in [1.54, 1.807) is 0 Å². The van der Waals surface area contributed by atoms with Gasteiger partial charge in [-0.1, -0.05) is 12.1 Å². The summed E-state index contributed by atoms with van der Waals surface area (Å²) >= 11 is 0. The Morgan fingerprint density at radius 2 is 1.51 bits per heavy atom. The van der Waals surface area contributed by atoms with Crippen molar-refractivity contribution in [1.29, 1.82) is 0 Å². The fourth-order valence-corrected chi connectivity index (χ4v) is 4.83. The Bertz CT molecular complexity index is 1040. The number of halogens is 6. The summed E-state index contributed by atoms with van der Waals surface area (Å²) in [6.45, 7) is 3.06. The number of amides is 1. The smallest absolute Gasteiger partial charge is 0.371 e. The first-order valence-corrected chi connectivity index (χ1v) is 11.7. The maximum Gasteiger partial charge on any atom is 0.416 e. The quantitative estimate of drug-likeness (QED) is 0.535. The third-order valence-electron chi connectivity index (χ3n) is 6.70. The van der Waals surface area contributed by atoms with Crippen LogP contribution in [0.1, 0.15) is 52.7 Å². The zero-order chi connectivity index (χ0) is 25.2. The molecular formula is C25H27F6N3O. The van der Waals surface area contributed by atoms with Gasteiger partial charge in [0.2, 0.25) is 0 Å².